The van der Waals surface area contributed by atoms with Crippen molar-refractivity contribution in [3.8, 4) is 11.5 Å². The van der Waals surface area contributed by atoms with Gasteiger partial charge < -0.3 is 19.5 Å². The van der Waals surface area contributed by atoms with Crippen LogP contribution in [0.15, 0.2) is 76.4 Å². The fraction of sp³-hybridized carbons (Fsp3) is 0.125. The molecule has 0 saturated carbocycles. The Kier molecular flexibility index (Phi) is 6.31. The Balaban J connectivity index is 1.21. The van der Waals surface area contributed by atoms with Gasteiger partial charge in [-0.1, -0.05) is 29.5 Å². The van der Waals surface area contributed by atoms with E-state index < -0.39 is 11.5 Å². The lowest BCUT2D eigenvalue weighted by molar-refractivity contribution is -0.113. The monoisotopic (exact) mass is 490 g/mol. The molecule has 1 N–H and O–H groups in total. The van der Waals surface area contributed by atoms with E-state index in [0.717, 1.165) is 4.68 Å². The summed E-state index contributed by atoms with van der Waals surface area (Å²) >= 11 is 1.19. The zero-order valence-corrected chi connectivity index (χ0v) is 19.0. The van der Waals surface area contributed by atoms with E-state index in [1.165, 1.54) is 11.8 Å². The average molecular weight is 490 g/mol. The van der Waals surface area contributed by atoms with Gasteiger partial charge in [0.1, 0.15) is 5.52 Å². The van der Waals surface area contributed by atoms with Gasteiger partial charge in [0.25, 0.3) is 5.56 Å². The fourth-order valence-electron chi connectivity index (χ4n) is 3.38. The van der Waals surface area contributed by atoms with Gasteiger partial charge in [0.2, 0.25) is 12.7 Å². The minimum atomic E-state index is -0.647. The fourth-order valence-corrected chi connectivity index (χ4v) is 4.22. The molecular formula is C24H18N4O6S. The summed E-state index contributed by atoms with van der Waals surface area (Å²) in [6.07, 6.45) is 0. The number of esters is 1. The van der Waals surface area contributed by atoms with Crippen LogP contribution in [0.3, 0.4) is 0 Å². The van der Waals surface area contributed by atoms with E-state index in [2.05, 4.69) is 15.6 Å². The smallest absolute Gasteiger partial charge is 0.341 e. The number of rotatable bonds is 7. The number of amides is 1. The first-order valence-electron chi connectivity index (χ1n) is 10.5. The molecule has 35 heavy (non-hydrogen) atoms. The Morgan fingerprint density at radius 3 is 2.74 bits per heavy atom. The zero-order chi connectivity index (χ0) is 24.2. The van der Waals surface area contributed by atoms with Crippen molar-refractivity contribution >= 4 is 40.2 Å². The summed E-state index contributed by atoms with van der Waals surface area (Å²) in [6.45, 7) is -0.239. The number of aromatic nitrogens is 3. The molecule has 0 aliphatic carbocycles. The molecule has 2 heterocycles. The van der Waals surface area contributed by atoms with Gasteiger partial charge in [0.05, 0.1) is 16.7 Å². The highest BCUT2D eigenvalue weighted by Gasteiger charge is 2.17. The van der Waals surface area contributed by atoms with Crippen molar-refractivity contribution in [3.63, 3.8) is 0 Å². The molecule has 0 saturated heterocycles. The third-order valence-corrected chi connectivity index (χ3v) is 6.14. The highest BCUT2D eigenvalue weighted by atomic mass is 32.2. The normalized spacial score (nSPS) is 11.9. The van der Waals surface area contributed by atoms with Gasteiger partial charge in [-0.15, -0.1) is 16.9 Å². The summed E-state index contributed by atoms with van der Waals surface area (Å²) in [5.41, 5.74) is 0.900. The molecule has 1 aromatic heterocycles. The second kappa shape index (κ2) is 9.85. The molecule has 4 aromatic rings. The lowest BCUT2D eigenvalue weighted by Gasteiger charge is -2.10. The van der Waals surface area contributed by atoms with Gasteiger partial charge in [0, 0.05) is 16.6 Å². The summed E-state index contributed by atoms with van der Waals surface area (Å²) in [4.78, 5) is 38.3. The molecule has 10 nitrogen and oxygen atoms in total. The topological polar surface area (TPSA) is 122 Å². The average Bonchev–Trinajstić information content (AvgIpc) is 3.35. The van der Waals surface area contributed by atoms with E-state index in [4.69, 9.17) is 14.2 Å². The first-order chi connectivity index (χ1) is 17.1. The predicted molar refractivity (Wildman–Crippen MR) is 128 cm³/mol. The summed E-state index contributed by atoms with van der Waals surface area (Å²) in [6, 6.07) is 18.7. The number of thioether (sulfide) groups is 1. The first kappa shape index (κ1) is 22.4. The van der Waals surface area contributed by atoms with Crippen molar-refractivity contribution in [2.24, 2.45) is 0 Å². The minimum Gasteiger partial charge on any atom is -0.454 e. The molecule has 5 rings (SSSR count). The second-order valence-corrected chi connectivity index (χ2v) is 8.39. The second-order valence-electron chi connectivity index (χ2n) is 7.37. The first-order valence-corrected chi connectivity index (χ1v) is 11.5. The lowest BCUT2D eigenvalue weighted by atomic mass is 10.2. The predicted octanol–water partition coefficient (Wildman–Crippen LogP) is 3.07. The molecule has 0 unspecified atom stereocenters. The van der Waals surface area contributed by atoms with Crippen LogP contribution in [0.2, 0.25) is 0 Å². The van der Waals surface area contributed by atoms with Crippen molar-refractivity contribution in [2.45, 2.75) is 11.6 Å². The maximum Gasteiger partial charge on any atom is 0.341 e. The Morgan fingerprint density at radius 2 is 1.83 bits per heavy atom. The summed E-state index contributed by atoms with van der Waals surface area (Å²) in [7, 11) is 0. The number of nitrogens with one attached hydrogen (secondary N) is 1. The Labute approximate surface area is 202 Å². The summed E-state index contributed by atoms with van der Waals surface area (Å²) in [5.74, 6) is 0.357. The molecule has 0 spiro atoms. The largest absolute Gasteiger partial charge is 0.454 e. The van der Waals surface area contributed by atoms with Crippen molar-refractivity contribution < 1.29 is 23.8 Å². The molecule has 3 aromatic carbocycles. The van der Waals surface area contributed by atoms with Gasteiger partial charge in [-0.25, -0.2) is 4.79 Å². The Morgan fingerprint density at radius 1 is 1.03 bits per heavy atom. The SMILES string of the molecule is O=C(CSc1ccccc1C(=O)OCn1nnc2ccccc2c1=O)Nc1ccc2c(c1)OCO2. The number of fused-ring (bicyclic) bond motifs is 2. The van der Waals surface area contributed by atoms with Gasteiger partial charge in [-0.3, -0.25) is 9.59 Å². The lowest BCUT2D eigenvalue weighted by Crippen LogP contribution is -2.26. The van der Waals surface area contributed by atoms with E-state index in [0.29, 0.717) is 33.0 Å². The number of hydrogen-bond donors (Lipinski definition) is 1. The number of nitrogens with zero attached hydrogens (tertiary/aromatic N) is 3. The molecule has 1 aliphatic rings. The van der Waals surface area contributed by atoms with Crippen LogP contribution in [0.25, 0.3) is 10.9 Å². The maximum absolute atomic E-state index is 12.7. The van der Waals surface area contributed by atoms with Crippen LogP contribution < -0.4 is 20.3 Å². The van der Waals surface area contributed by atoms with E-state index in [1.54, 1.807) is 66.7 Å². The molecule has 176 valence electrons. The van der Waals surface area contributed by atoms with Crippen LogP contribution in [-0.2, 0) is 16.3 Å². The van der Waals surface area contributed by atoms with E-state index in [-0.39, 0.29) is 30.7 Å². The van der Waals surface area contributed by atoms with Gasteiger partial charge >= 0.3 is 5.97 Å². The van der Waals surface area contributed by atoms with Crippen LogP contribution in [0, 0.1) is 0 Å². The van der Waals surface area contributed by atoms with E-state index in [9.17, 15) is 14.4 Å². The highest BCUT2D eigenvalue weighted by Crippen LogP contribution is 2.34. The molecule has 1 aliphatic heterocycles. The zero-order valence-electron chi connectivity index (χ0n) is 18.2. The van der Waals surface area contributed by atoms with Crippen molar-refractivity contribution in [2.75, 3.05) is 17.9 Å². The Hall–Kier alpha value is -4.38. The molecule has 0 radical (unpaired) electrons. The van der Waals surface area contributed by atoms with Crippen LogP contribution in [0.1, 0.15) is 10.4 Å². The molecule has 0 fully saturated rings. The molecule has 11 heteroatoms. The molecule has 0 bridgehead atoms. The number of carbonyl (C=O) groups excluding carboxylic acids is 2. The van der Waals surface area contributed by atoms with Crippen molar-refractivity contribution in [3.05, 3.63) is 82.6 Å². The van der Waals surface area contributed by atoms with E-state index in [1.807, 2.05) is 0 Å². The molecule has 0 atom stereocenters. The number of hydrogen-bond acceptors (Lipinski definition) is 9. The number of benzene rings is 3. The summed E-state index contributed by atoms with van der Waals surface area (Å²) < 4.78 is 16.9. The number of anilines is 1. The molecule has 1 amide bonds. The van der Waals surface area contributed by atoms with Crippen molar-refractivity contribution in [1.82, 2.24) is 15.0 Å². The minimum absolute atomic E-state index is 0.0638. The van der Waals surface area contributed by atoms with Gasteiger partial charge in [-0.2, -0.15) is 4.68 Å². The highest BCUT2D eigenvalue weighted by molar-refractivity contribution is 8.00. The van der Waals surface area contributed by atoms with E-state index >= 15 is 0 Å². The van der Waals surface area contributed by atoms with Crippen LogP contribution >= 0.6 is 11.8 Å². The quantitative estimate of drug-likeness (QED) is 0.308. The third-order valence-electron chi connectivity index (χ3n) is 5.07. The van der Waals surface area contributed by atoms with Crippen molar-refractivity contribution in [1.29, 1.82) is 0 Å². The van der Waals surface area contributed by atoms with Crippen LogP contribution in [0.5, 0.6) is 11.5 Å². The number of ether oxygens (including phenoxy) is 3. The van der Waals surface area contributed by atoms with Gasteiger partial charge in [0.15, 0.2) is 18.2 Å². The number of carbonyl (C=O) groups is 2. The Bertz CT molecular complexity index is 1490. The van der Waals surface area contributed by atoms with Gasteiger partial charge in [-0.05, 0) is 36.4 Å². The van der Waals surface area contributed by atoms with Crippen LogP contribution in [-0.4, -0.2) is 39.4 Å². The maximum atomic E-state index is 12.7. The molecular weight excluding hydrogens is 472 g/mol. The summed E-state index contributed by atoms with van der Waals surface area (Å²) in [5, 5.41) is 11.0. The third kappa shape index (κ3) is 4.94. The standard InChI is InChI=1S/C24H18N4O6S/c29-22(25-15-9-10-19-20(11-15)34-14-33-19)12-35-21-8-4-2-6-17(21)24(31)32-13-28-23(30)16-5-1-3-7-18(16)26-27-28/h1-11H,12-14H2,(H,25,29). The van der Waals surface area contributed by atoms with Crippen LogP contribution in [0.4, 0.5) is 5.69 Å².